The fraction of sp³-hybridized carbons (Fsp3) is 0.172. The number of rotatable bonds is 4. The molecule has 0 aliphatic heterocycles. The predicted octanol–water partition coefficient (Wildman–Crippen LogP) is 5.83. The molecule has 8 heteroatoms. The molecule has 4 aromatic rings. The van der Waals surface area contributed by atoms with Gasteiger partial charge < -0.3 is 19.8 Å². The quantitative estimate of drug-likeness (QED) is 0.305. The molecule has 2 aromatic heterocycles. The minimum atomic E-state index is -0.948. The van der Waals surface area contributed by atoms with Crippen molar-refractivity contribution in [2.75, 3.05) is 7.11 Å². The van der Waals surface area contributed by atoms with Gasteiger partial charge in [-0.2, -0.15) is 10.5 Å². The largest absolute Gasteiger partial charge is 0.478 e. The van der Waals surface area contributed by atoms with Crippen molar-refractivity contribution in [2.45, 2.75) is 27.7 Å². The van der Waals surface area contributed by atoms with Crippen LogP contribution in [0.4, 0.5) is 0 Å². The minimum Gasteiger partial charge on any atom is -0.478 e. The van der Waals surface area contributed by atoms with Gasteiger partial charge in [-0.1, -0.05) is 24.3 Å². The van der Waals surface area contributed by atoms with Crippen LogP contribution >= 0.6 is 0 Å². The number of nitrogens with zero attached hydrogens (tertiary/aromatic N) is 2. The Balaban J connectivity index is 0.000000206. The molecule has 0 spiro atoms. The zero-order chi connectivity index (χ0) is 27.3. The molecule has 0 saturated heterocycles. The average molecular weight is 495 g/mol. The maximum absolute atomic E-state index is 11.9. The summed E-state index contributed by atoms with van der Waals surface area (Å²) in [4.78, 5) is 29.3. The number of carboxylic acid groups (broad SMARTS) is 1. The van der Waals surface area contributed by atoms with E-state index < -0.39 is 5.97 Å². The maximum atomic E-state index is 11.9. The number of aryl methyl sites for hydroxylation is 4. The van der Waals surface area contributed by atoms with E-state index in [1.54, 1.807) is 43.3 Å². The molecule has 0 radical (unpaired) electrons. The number of carbonyl (C=O) groups is 2. The molecule has 0 amide bonds. The zero-order valence-electron chi connectivity index (χ0n) is 21.2. The summed E-state index contributed by atoms with van der Waals surface area (Å²) in [6, 6.07) is 18.1. The summed E-state index contributed by atoms with van der Waals surface area (Å²) in [5, 5.41) is 26.8. The topological polar surface area (TPSA) is 143 Å². The zero-order valence-corrected chi connectivity index (χ0v) is 21.2. The Morgan fingerprint density at radius 3 is 1.43 bits per heavy atom. The number of H-pyrrole nitrogens is 2. The summed E-state index contributed by atoms with van der Waals surface area (Å²) in [5.41, 5.74) is 8.32. The fourth-order valence-electron chi connectivity index (χ4n) is 4.33. The Morgan fingerprint density at radius 1 is 0.703 bits per heavy atom. The van der Waals surface area contributed by atoms with Crippen molar-refractivity contribution in [2.24, 2.45) is 0 Å². The number of aromatic amines is 2. The SMILES string of the molecule is COC(=O)c1c(C)[nH]c(C)c1-c1ccc(C#N)cc1.Cc1[nH]c(C)c(-c2ccc(C#N)cc2)c1C(=O)O. The molecular formula is C29H26N4O4. The number of esters is 1. The molecule has 0 aliphatic rings. The van der Waals surface area contributed by atoms with Gasteiger partial charge in [0.25, 0.3) is 0 Å². The molecule has 2 aromatic carbocycles. The lowest BCUT2D eigenvalue weighted by Gasteiger charge is -2.05. The van der Waals surface area contributed by atoms with Crippen LogP contribution in [0.25, 0.3) is 22.3 Å². The highest BCUT2D eigenvalue weighted by Gasteiger charge is 2.21. The summed E-state index contributed by atoms with van der Waals surface area (Å²) in [5.74, 6) is -1.31. The van der Waals surface area contributed by atoms with Crippen molar-refractivity contribution < 1.29 is 19.4 Å². The third-order valence-electron chi connectivity index (χ3n) is 5.96. The van der Waals surface area contributed by atoms with Crippen molar-refractivity contribution in [1.82, 2.24) is 9.97 Å². The van der Waals surface area contributed by atoms with Crippen LogP contribution in [-0.2, 0) is 4.74 Å². The Kier molecular flexibility index (Phi) is 7.96. The van der Waals surface area contributed by atoms with E-state index in [0.717, 1.165) is 33.8 Å². The summed E-state index contributed by atoms with van der Waals surface area (Å²) in [6.07, 6.45) is 0. The average Bonchev–Trinajstić information content (AvgIpc) is 3.37. The second kappa shape index (κ2) is 11.1. The molecule has 0 saturated carbocycles. The highest BCUT2D eigenvalue weighted by atomic mass is 16.5. The molecule has 3 N–H and O–H groups in total. The van der Waals surface area contributed by atoms with Gasteiger partial charge in [0.1, 0.15) is 0 Å². The van der Waals surface area contributed by atoms with Crippen LogP contribution in [0.15, 0.2) is 48.5 Å². The van der Waals surface area contributed by atoms with Crippen LogP contribution in [0.3, 0.4) is 0 Å². The molecule has 2 heterocycles. The number of carbonyl (C=O) groups excluding carboxylic acids is 1. The predicted molar refractivity (Wildman–Crippen MR) is 139 cm³/mol. The highest BCUT2D eigenvalue weighted by Crippen LogP contribution is 2.31. The normalized spacial score (nSPS) is 10.0. The molecule has 0 bridgehead atoms. The first-order valence-electron chi connectivity index (χ1n) is 11.3. The van der Waals surface area contributed by atoms with E-state index in [9.17, 15) is 14.7 Å². The first-order chi connectivity index (χ1) is 17.6. The van der Waals surface area contributed by atoms with Gasteiger partial charge >= 0.3 is 11.9 Å². The minimum absolute atomic E-state index is 0.289. The van der Waals surface area contributed by atoms with Crippen molar-refractivity contribution in [3.63, 3.8) is 0 Å². The van der Waals surface area contributed by atoms with Crippen molar-refractivity contribution >= 4 is 11.9 Å². The number of aromatic carboxylic acids is 1. The number of methoxy groups -OCH3 is 1. The monoisotopic (exact) mass is 494 g/mol. The van der Waals surface area contributed by atoms with Gasteiger partial charge in [0.05, 0.1) is 41.5 Å². The van der Waals surface area contributed by atoms with Gasteiger partial charge in [-0.05, 0) is 63.1 Å². The van der Waals surface area contributed by atoms with E-state index in [1.165, 1.54) is 7.11 Å². The number of hydrogen-bond donors (Lipinski definition) is 3. The van der Waals surface area contributed by atoms with Crippen LogP contribution < -0.4 is 0 Å². The van der Waals surface area contributed by atoms with E-state index in [1.807, 2.05) is 39.0 Å². The molecule has 4 rings (SSSR count). The third kappa shape index (κ3) is 5.44. The maximum Gasteiger partial charge on any atom is 0.340 e. The number of benzene rings is 2. The molecule has 0 unspecified atom stereocenters. The number of aromatic nitrogens is 2. The Labute approximate surface area is 214 Å². The van der Waals surface area contributed by atoms with E-state index in [4.69, 9.17) is 15.3 Å². The lowest BCUT2D eigenvalue weighted by molar-refractivity contribution is 0.0600. The van der Waals surface area contributed by atoms with Gasteiger partial charge in [-0.3, -0.25) is 0 Å². The number of hydrogen-bond acceptors (Lipinski definition) is 5. The van der Waals surface area contributed by atoms with Crippen LogP contribution in [-0.4, -0.2) is 34.1 Å². The molecular weight excluding hydrogens is 468 g/mol. The molecule has 37 heavy (non-hydrogen) atoms. The fourth-order valence-corrected chi connectivity index (χ4v) is 4.33. The lowest BCUT2D eigenvalue weighted by atomic mass is 9.99. The van der Waals surface area contributed by atoms with Gasteiger partial charge in [0.15, 0.2) is 0 Å². The van der Waals surface area contributed by atoms with E-state index in [2.05, 4.69) is 16.0 Å². The van der Waals surface area contributed by atoms with Gasteiger partial charge in [0, 0.05) is 33.9 Å². The highest BCUT2D eigenvalue weighted by molar-refractivity contribution is 6.00. The Morgan fingerprint density at radius 2 is 1.08 bits per heavy atom. The van der Waals surface area contributed by atoms with E-state index in [0.29, 0.717) is 27.9 Å². The second-order valence-corrected chi connectivity index (χ2v) is 8.43. The lowest BCUT2D eigenvalue weighted by Crippen LogP contribution is -2.03. The van der Waals surface area contributed by atoms with Crippen LogP contribution in [0, 0.1) is 50.4 Å². The molecule has 0 aliphatic carbocycles. The van der Waals surface area contributed by atoms with Crippen molar-refractivity contribution in [3.05, 3.63) is 93.6 Å². The number of carboxylic acids is 1. The first-order valence-corrected chi connectivity index (χ1v) is 11.3. The molecule has 8 nitrogen and oxygen atoms in total. The summed E-state index contributed by atoms with van der Waals surface area (Å²) in [7, 11) is 1.37. The van der Waals surface area contributed by atoms with Gasteiger partial charge in [-0.15, -0.1) is 0 Å². The van der Waals surface area contributed by atoms with Crippen LogP contribution in [0.5, 0.6) is 0 Å². The van der Waals surface area contributed by atoms with Crippen LogP contribution in [0.2, 0.25) is 0 Å². The van der Waals surface area contributed by atoms with E-state index >= 15 is 0 Å². The number of nitrogens with one attached hydrogen (secondary N) is 2. The smallest absolute Gasteiger partial charge is 0.340 e. The standard InChI is InChI=1S/C15H14N2O2.C14H12N2O2/c1-9-13(12-6-4-11(8-16)5-7-12)14(10(2)17-9)15(18)19-3;1-8-12(13(14(17)18)9(2)16-8)11-5-3-10(7-15)4-6-11/h4-7,17H,1-3H3;3-6,16H,1-2H3,(H,17,18). The van der Waals surface area contributed by atoms with Crippen molar-refractivity contribution in [1.29, 1.82) is 10.5 Å². The molecule has 0 fully saturated rings. The van der Waals surface area contributed by atoms with Crippen LogP contribution in [0.1, 0.15) is 54.6 Å². The van der Waals surface area contributed by atoms with Gasteiger partial charge in [0.2, 0.25) is 0 Å². The summed E-state index contributed by atoms with van der Waals surface area (Å²) in [6.45, 7) is 7.33. The second-order valence-electron chi connectivity index (χ2n) is 8.43. The Bertz CT molecular complexity index is 1540. The number of ether oxygens (including phenoxy) is 1. The molecule has 186 valence electrons. The van der Waals surface area contributed by atoms with E-state index in [-0.39, 0.29) is 11.5 Å². The Hall–Kier alpha value is -5.08. The third-order valence-corrected chi connectivity index (χ3v) is 5.96. The van der Waals surface area contributed by atoms with Gasteiger partial charge in [-0.25, -0.2) is 9.59 Å². The first kappa shape index (κ1) is 26.5. The summed E-state index contributed by atoms with van der Waals surface area (Å²) >= 11 is 0. The number of nitriles is 2. The summed E-state index contributed by atoms with van der Waals surface area (Å²) < 4.78 is 4.83. The molecule has 0 atom stereocenters. The van der Waals surface area contributed by atoms with Crippen molar-refractivity contribution in [3.8, 4) is 34.4 Å².